The van der Waals surface area contributed by atoms with Crippen LogP contribution in [0.1, 0.15) is 34.1 Å². The average Bonchev–Trinajstić information content (AvgIpc) is 2.00. The normalized spacial score (nSPS) is 14.9. The van der Waals surface area contributed by atoms with Gasteiger partial charge in [0.25, 0.3) is 0 Å². The van der Waals surface area contributed by atoms with Crippen LogP contribution in [0.25, 0.3) is 0 Å². The van der Waals surface area contributed by atoms with Gasteiger partial charge in [-0.3, -0.25) is 0 Å². The van der Waals surface area contributed by atoms with E-state index < -0.39 is 10.0 Å². The summed E-state index contributed by atoms with van der Waals surface area (Å²) >= 11 is 3.34. The Morgan fingerprint density at radius 3 is 2.07 bits per heavy atom. The van der Waals surface area contributed by atoms with Crippen molar-refractivity contribution in [2.75, 3.05) is 11.1 Å². The molecule has 0 aromatic heterocycles. The van der Waals surface area contributed by atoms with Crippen molar-refractivity contribution in [1.82, 2.24) is 4.72 Å². The van der Waals surface area contributed by atoms with Crippen molar-refractivity contribution < 1.29 is 8.42 Å². The van der Waals surface area contributed by atoms with E-state index in [0.717, 1.165) is 11.8 Å². The van der Waals surface area contributed by atoms with E-state index in [1.54, 1.807) is 0 Å². The second-order valence-electron chi connectivity index (χ2n) is 4.62. The summed E-state index contributed by atoms with van der Waals surface area (Å²) in [4.78, 5) is 0. The van der Waals surface area contributed by atoms with Crippen LogP contribution in [-0.4, -0.2) is 25.5 Å². The smallest absolute Gasteiger partial charge is 0.212 e. The highest BCUT2D eigenvalue weighted by molar-refractivity contribution is 9.09. The number of hydrogen-bond acceptors (Lipinski definition) is 2. The third-order valence-corrected chi connectivity index (χ3v) is 4.33. The Hall–Kier alpha value is 0.390. The highest BCUT2D eigenvalue weighted by atomic mass is 79.9. The second-order valence-corrected chi connectivity index (χ2v) is 7.21. The predicted octanol–water partition coefficient (Wildman–Crippen LogP) is 2.37. The minimum absolute atomic E-state index is 0.0353. The third kappa shape index (κ3) is 7.30. The summed E-state index contributed by atoms with van der Waals surface area (Å²) in [6.07, 6.45) is 0.828. The Morgan fingerprint density at radius 2 is 1.73 bits per heavy atom. The lowest BCUT2D eigenvalue weighted by Gasteiger charge is -2.21. The van der Waals surface area contributed by atoms with E-state index in [9.17, 15) is 8.42 Å². The minimum Gasteiger partial charge on any atom is -0.212 e. The van der Waals surface area contributed by atoms with Gasteiger partial charge in [0.1, 0.15) is 0 Å². The summed E-state index contributed by atoms with van der Waals surface area (Å²) in [6, 6.07) is 0.0353. The number of rotatable bonds is 7. The Labute approximate surface area is 102 Å². The van der Waals surface area contributed by atoms with Crippen LogP contribution in [0.2, 0.25) is 0 Å². The molecule has 0 aliphatic carbocycles. The first-order valence-electron chi connectivity index (χ1n) is 5.34. The van der Waals surface area contributed by atoms with Gasteiger partial charge in [0, 0.05) is 11.4 Å². The molecule has 92 valence electrons. The fourth-order valence-electron chi connectivity index (χ4n) is 1.36. The van der Waals surface area contributed by atoms with Crippen molar-refractivity contribution in [3.63, 3.8) is 0 Å². The van der Waals surface area contributed by atoms with Crippen LogP contribution in [0.15, 0.2) is 0 Å². The minimum atomic E-state index is -3.12. The summed E-state index contributed by atoms with van der Waals surface area (Å²) in [5.41, 5.74) is 0. The second kappa shape index (κ2) is 6.86. The molecule has 1 unspecified atom stereocenters. The summed E-state index contributed by atoms with van der Waals surface area (Å²) in [5.74, 6) is 0.696. The fraction of sp³-hybridized carbons (Fsp3) is 1.00. The molecular formula is C10H22BrNO2S. The molecule has 0 aliphatic rings. The Morgan fingerprint density at radius 1 is 1.20 bits per heavy atom. The van der Waals surface area contributed by atoms with Gasteiger partial charge in [-0.2, -0.15) is 0 Å². The molecule has 3 nitrogen and oxygen atoms in total. The predicted molar refractivity (Wildman–Crippen MR) is 68.8 cm³/mol. The molecule has 0 saturated carbocycles. The standard InChI is InChI=1S/C10H22BrNO2S/c1-8(2)7-15(13,14)12-10(5-6-11)9(3)4/h8-10,12H,5-7H2,1-4H3. The van der Waals surface area contributed by atoms with Gasteiger partial charge in [-0.15, -0.1) is 0 Å². The lowest BCUT2D eigenvalue weighted by molar-refractivity contribution is 0.438. The first kappa shape index (κ1) is 15.4. The molecule has 0 bridgehead atoms. The van der Waals surface area contributed by atoms with Crippen molar-refractivity contribution in [2.45, 2.75) is 40.2 Å². The van der Waals surface area contributed by atoms with E-state index in [4.69, 9.17) is 0 Å². The zero-order chi connectivity index (χ0) is 12.1. The van der Waals surface area contributed by atoms with Crippen LogP contribution in [0, 0.1) is 11.8 Å². The molecule has 1 atom stereocenters. The van der Waals surface area contributed by atoms with Crippen molar-refractivity contribution in [2.24, 2.45) is 11.8 Å². The van der Waals surface area contributed by atoms with E-state index in [1.807, 2.05) is 27.7 Å². The van der Waals surface area contributed by atoms with Gasteiger partial charge in [-0.25, -0.2) is 13.1 Å². The summed E-state index contributed by atoms with van der Waals surface area (Å²) in [7, 11) is -3.12. The van der Waals surface area contributed by atoms with Crippen molar-refractivity contribution in [3.8, 4) is 0 Å². The molecule has 0 aromatic rings. The molecular weight excluding hydrogens is 278 g/mol. The summed E-state index contributed by atoms with van der Waals surface area (Å²) in [5, 5.41) is 0.819. The van der Waals surface area contributed by atoms with Gasteiger partial charge in [-0.05, 0) is 18.3 Å². The summed E-state index contributed by atoms with van der Waals surface area (Å²) < 4.78 is 26.2. The molecule has 5 heteroatoms. The molecule has 0 saturated heterocycles. The van der Waals surface area contributed by atoms with Crippen LogP contribution in [0.5, 0.6) is 0 Å². The molecule has 0 aromatic carbocycles. The van der Waals surface area contributed by atoms with Crippen molar-refractivity contribution >= 4 is 26.0 Å². The van der Waals surface area contributed by atoms with Crippen LogP contribution in [0.4, 0.5) is 0 Å². The largest absolute Gasteiger partial charge is 0.212 e. The van der Waals surface area contributed by atoms with Crippen LogP contribution >= 0.6 is 15.9 Å². The molecule has 0 amide bonds. The van der Waals surface area contributed by atoms with Gasteiger partial charge < -0.3 is 0 Å². The lowest BCUT2D eigenvalue weighted by Crippen LogP contribution is -2.40. The monoisotopic (exact) mass is 299 g/mol. The fourth-order valence-corrected chi connectivity index (χ4v) is 3.68. The average molecular weight is 300 g/mol. The molecule has 0 radical (unpaired) electrons. The van der Waals surface area contributed by atoms with Gasteiger partial charge in [-0.1, -0.05) is 43.6 Å². The number of halogens is 1. The van der Waals surface area contributed by atoms with E-state index in [-0.39, 0.29) is 17.7 Å². The molecule has 0 spiro atoms. The molecule has 1 N–H and O–H groups in total. The highest BCUT2D eigenvalue weighted by Crippen LogP contribution is 2.10. The van der Waals surface area contributed by atoms with Gasteiger partial charge in [0.05, 0.1) is 5.75 Å². The number of hydrogen-bond donors (Lipinski definition) is 1. The molecule has 15 heavy (non-hydrogen) atoms. The van der Waals surface area contributed by atoms with Gasteiger partial charge >= 0.3 is 0 Å². The Kier molecular flexibility index (Phi) is 7.04. The zero-order valence-electron chi connectivity index (χ0n) is 9.96. The van der Waals surface area contributed by atoms with Gasteiger partial charge in [0.2, 0.25) is 10.0 Å². The summed E-state index contributed by atoms with van der Waals surface area (Å²) in [6.45, 7) is 7.89. The third-order valence-electron chi connectivity index (χ3n) is 2.11. The molecule has 0 rings (SSSR count). The molecule has 0 heterocycles. The Balaban J connectivity index is 4.39. The van der Waals surface area contributed by atoms with E-state index >= 15 is 0 Å². The number of alkyl halides is 1. The van der Waals surface area contributed by atoms with E-state index in [0.29, 0.717) is 5.92 Å². The zero-order valence-corrected chi connectivity index (χ0v) is 12.4. The van der Waals surface area contributed by atoms with Crippen LogP contribution < -0.4 is 4.72 Å². The van der Waals surface area contributed by atoms with E-state index in [2.05, 4.69) is 20.7 Å². The Bertz CT molecular complexity index is 263. The first-order valence-corrected chi connectivity index (χ1v) is 8.12. The molecule has 0 aliphatic heterocycles. The van der Waals surface area contributed by atoms with Gasteiger partial charge in [0.15, 0.2) is 0 Å². The highest BCUT2D eigenvalue weighted by Gasteiger charge is 2.20. The van der Waals surface area contributed by atoms with Crippen molar-refractivity contribution in [1.29, 1.82) is 0 Å². The van der Waals surface area contributed by atoms with Crippen LogP contribution in [0.3, 0.4) is 0 Å². The number of sulfonamides is 1. The quantitative estimate of drug-likeness (QED) is 0.734. The van der Waals surface area contributed by atoms with Crippen LogP contribution in [-0.2, 0) is 10.0 Å². The maximum atomic E-state index is 11.7. The van der Waals surface area contributed by atoms with E-state index in [1.165, 1.54) is 0 Å². The topological polar surface area (TPSA) is 46.2 Å². The maximum Gasteiger partial charge on any atom is 0.212 e. The lowest BCUT2D eigenvalue weighted by atomic mass is 10.0. The first-order chi connectivity index (χ1) is 6.78. The van der Waals surface area contributed by atoms with Crippen molar-refractivity contribution in [3.05, 3.63) is 0 Å². The SMILES string of the molecule is CC(C)CS(=O)(=O)NC(CCBr)C(C)C. The number of nitrogens with one attached hydrogen (secondary N) is 1. The molecule has 0 fully saturated rings. The maximum absolute atomic E-state index is 11.7.